The number of nitrogens with zero attached hydrogens (tertiary/aromatic N) is 1. The van der Waals surface area contributed by atoms with Gasteiger partial charge in [0.05, 0.1) is 0 Å². The van der Waals surface area contributed by atoms with Crippen LogP contribution in [0, 0.1) is 11.3 Å². The largest absolute Gasteiger partial charge is 0.396 e. The highest BCUT2D eigenvalue weighted by Gasteiger charge is 2.00. The van der Waals surface area contributed by atoms with Gasteiger partial charge in [-0.25, -0.2) is 0 Å². The lowest BCUT2D eigenvalue weighted by molar-refractivity contribution is 0.299. The summed E-state index contributed by atoms with van der Waals surface area (Å²) >= 11 is 1.42. The fourth-order valence-corrected chi connectivity index (χ4v) is 1.49. The molecule has 0 bridgehead atoms. The Morgan fingerprint density at radius 1 is 1.70 bits per heavy atom. The SMILES string of the molecule is N#Cc1sccc1CCO. The van der Waals surface area contributed by atoms with Crippen LogP contribution >= 0.6 is 11.3 Å². The molecule has 0 unspecified atom stereocenters. The summed E-state index contributed by atoms with van der Waals surface area (Å²) in [6, 6.07) is 3.94. The average Bonchev–Trinajstić information content (AvgIpc) is 2.36. The highest BCUT2D eigenvalue weighted by molar-refractivity contribution is 7.10. The van der Waals surface area contributed by atoms with Crippen LogP contribution < -0.4 is 0 Å². The van der Waals surface area contributed by atoms with Crippen LogP contribution in [0.25, 0.3) is 0 Å². The van der Waals surface area contributed by atoms with Crippen LogP contribution in [0.3, 0.4) is 0 Å². The summed E-state index contributed by atoms with van der Waals surface area (Å²) in [5, 5.41) is 18.9. The Morgan fingerprint density at radius 3 is 3.10 bits per heavy atom. The lowest BCUT2D eigenvalue weighted by atomic mass is 10.2. The maximum atomic E-state index is 8.55. The van der Waals surface area contributed by atoms with Crippen LogP contribution in [-0.2, 0) is 6.42 Å². The summed E-state index contributed by atoms with van der Waals surface area (Å²) in [6.45, 7) is 0.116. The molecule has 10 heavy (non-hydrogen) atoms. The van der Waals surface area contributed by atoms with Crippen molar-refractivity contribution in [3.63, 3.8) is 0 Å². The lowest BCUT2D eigenvalue weighted by Crippen LogP contribution is -1.89. The molecule has 3 heteroatoms. The van der Waals surface area contributed by atoms with Gasteiger partial charge in [0.1, 0.15) is 10.9 Å². The van der Waals surface area contributed by atoms with Gasteiger partial charge in [0.2, 0.25) is 0 Å². The van der Waals surface area contributed by atoms with E-state index in [9.17, 15) is 0 Å². The van der Waals surface area contributed by atoms with E-state index in [-0.39, 0.29) is 6.61 Å². The molecule has 0 amide bonds. The van der Waals surface area contributed by atoms with E-state index in [0.717, 1.165) is 5.56 Å². The van der Waals surface area contributed by atoms with Crippen molar-refractivity contribution in [2.24, 2.45) is 0 Å². The summed E-state index contributed by atoms with van der Waals surface area (Å²) in [5.74, 6) is 0. The number of thiophene rings is 1. The Balaban J connectivity index is 2.82. The molecule has 0 spiro atoms. The quantitative estimate of drug-likeness (QED) is 0.692. The zero-order valence-electron chi connectivity index (χ0n) is 5.37. The van der Waals surface area contributed by atoms with E-state index in [1.165, 1.54) is 11.3 Å². The number of aliphatic hydroxyl groups excluding tert-OH is 1. The standard InChI is InChI=1S/C7H7NOS/c8-5-7-6(1-3-9)2-4-10-7/h2,4,9H,1,3H2. The topological polar surface area (TPSA) is 44.0 Å². The van der Waals surface area contributed by atoms with Crippen molar-refractivity contribution in [1.82, 2.24) is 0 Å². The fraction of sp³-hybridized carbons (Fsp3) is 0.286. The van der Waals surface area contributed by atoms with Gasteiger partial charge < -0.3 is 5.11 Å². The van der Waals surface area contributed by atoms with Crippen molar-refractivity contribution in [1.29, 1.82) is 5.26 Å². The number of nitriles is 1. The molecule has 1 heterocycles. The second kappa shape index (κ2) is 3.35. The van der Waals surface area contributed by atoms with Gasteiger partial charge in [-0.15, -0.1) is 11.3 Å². The molecular weight excluding hydrogens is 146 g/mol. The maximum Gasteiger partial charge on any atom is 0.110 e. The fourth-order valence-electron chi connectivity index (χ4n) is 0.751. The Kier molecular flexibility index (Phi) is 2.43. The second-order valence-electron chi connectivity index (χ2n) is 1.86. The van der Waals surface area contributed by atoms with Gasteiger partial charge >= 0.3 is 0 Å². The van der Waals surface area contributed by atoms with Gasteiger partial charge in [-0.3, -0.25) is 0 Å². The predicted octanol–water partition coefficient (Wildman–Crippen LogP) is 1.15. The molecule has 0 aromatic carbocycles. The van der Waals surface area contributed by atoms with E-state index in [1.807, 2.05) is 11.4 Å². The Morgan fingerprint density at radius 2 is 2.50 bits per heavy atom. The molecule has 2 nitrogen and oxygen atoms in total. The first-order chi connectivity index (χ1) is 4.88. The van der Waals surface area contributed by atoms with E-state index in [2.05, 4.69) is 6.07 Å². The summed E-state index contributed by atoms with van der Waals surface area (Å²) < 4.78 is 0. The van der Waals surface area contributed by atoms with Crippen molar-refractivity contribution in [3.8, 4) is 6.07 Å². The van der Waals surface area contributed by atoms with Gasteiger partial charge in [-0.1, -0.05) is 0 Å². The molecule has 0 atom stereocenters. The first kappa shape index (κ1) is 7.26. The molecule has 0 aliphatic carbocycles. The highest BCUT2D eigenvalue weighted by Crippen LogP contribution is 2.15. The Labute approximate surface area is 63.4 Å². The molecular formula is C7H7NOS. The first-order valence-electron chi connectivity index (χ1n) is 2.96. The Hall–Kier alpha value is -0.850. The zero-order valence-corrected chi connectivity index (χ0v) is 6.19. The van der Waals surface area contributed by atoms with Gasteiger partial charge in [0.15, 0.2) is 0 Å². The summed E-state index contributed by atoms with van der Waals surface area (Å²) in [4.78, 5) is 0.717. The highest BCUT2D eigenvalue weighted by atomic mass is 32.1. The molecule has 0 aliphatic heterocycles. The third-order valence-electron chi connectivity index (χ3n) is 1.23. The predicted molar refractivity (Wildman–Crippen MR) is 39.8 cm³/mol. The van der Waals surface area contributed by atoms with Crippen molar-refractivity contribution in [2.75, 3.05) is 6.61 Å². The first-order valence-corrected chi connectivity index (χ1v) is 3.83. The second-order valence-corrected chi connectivity index (χ2v) is 2.78. The summed E-state index contributed by atoms with van der Waals surface area (Å²) in [7, 11) is 0. The van der Waals surface area contributed by atoms with E-state index >= 15 is 0 Å². The summed E-state index contributed by atoms with van der Waals surface area (Å²) in [6.07, 6.45) is 0.590. The van der Waals surface area contributed by atoms with Crippen molar-refractivity contribution >= 4 is 11.3 Å². The minimum atomic E-state index is 0.116. The molecule has 1 aromatic heterocycles. The number of rotatable bonds is 2. The van der Waals surface area contributed by atoms with Crippen LogP contribution in [0.2, 0.25) is 0 Å². The monoisotopic (exact) mass is 153 g/mol. The molecule has 0 radical (unpaired) electrons. The molecule has 0 saturated carbocycles. The van der Waals surface area contributed by atoms with Crippen LogP contribution in [-0.4, -0.2) is 11.7 Å². The van der Waals surface area contributed by atoms with E-state index in [0.29, 0.717) is 11.3 Å². The maximum absolute atomic E-state index is 8.55. The van der Waals surface area contributed by atoms with Gasteiger partial charge in [0.25, 0.3) is 0 Å². The van der Waals surface area contributed by atoms with Gasteiger partial charge in [-0.2, -0.15) is 5.26 Å². The molecule has 0 saturated heterocycles. The van der Waals surface area contributed by atoms with Crippen LogP contribution in [0.1, 0.15) is 10.4 Å². The third-order valence-corrected chi connectivity index (χ3v) is 2.09. The smallest absolute Gasteiger partial charge is 0.110 e. The van der Waals surface area contributed by atoms with Gasteiger partial charge in [-0.05, 0) is 23.4 Å². The van der Waals surface area contributed by atoms with Crippen LogP contribution in [0.5, 0.6) is 0 Å². The molecule has 1 N–H and O–H groups in total. The normalized spacial score (nSPS) is 9.20. The number of aliphatic hydroxyl groups is 1. The van der Waals surface area contributed by atoms with E-state index in [1.54, 1.807) is 0 Å². The molecule has 1 rings (SSSR count). The Bertz CT molecular complexity index is 248. The van der Waals surface area contributed by atoms with E-state index < -0.39 is 0 Å². The molecule has 1 aromatic rings. The minimum Gasteiger partial charge on any atom is -0.396 e. The molecule has 0 fully saturated rings. The molecule has 0 aliphatic rings. The lowest BCUT2D eigenvalue weighted by Gasteiger charge is -1.90. The minimum absolute atomic E-state index is 0.116. The van der Waals surface area contributed by atoms with Crippen LogP contribution in [0.15, 0.2) is 11.4 Å². The third kappa shape index (κ3) is 1.35. The van der Waals surface area contributed by atoms with E-state index in [4.69, 9.17) is 10.4 Å². The summed E-state index contributed by atoms with van der Waals surface area (Å²) in [5.41, 5.74) is 0.954. The number of hydrogen-bond acceptors (Lipinski definition) is 3. The van der Waals surface area contributed by atoms with Gasteiger partial charge in [0, 0.05) is 6.61 Å². The number of hydrogen-bond donors (Lipinski definition) is 1. The van der Waals surface area contributed by atoms with Crippen molar-refractivity contribution in [3.05, 3.63) is 21.9 Å². The average molecular weight is 153 g/mol. The van der Waals surface area contributed by atoms with Crippen molar-refractivity contribution < 1.29 is 5.11 Å². The zero-order chi connectivity index (χ0) is 7.40. The molecule has 52 valence electrons. The van der Waals surface area contributed by atoms with Crippen LogP contribution in [0.4, 0.5) is 0 Å². The van der Waals surface area contributed by atoms with Crippen molar-refractivity contribution in [2.45, 2.75) is 6.42 Å².